The second kappa shape index (κ2) is 11.7. The summed E-state index contributed by atoms with van der Waals surface area (Å²) in [7, 11) is -2.88. The number of sulfone groups is 1. The molecular formula is C29H35N3O5S2. The summed E-state index contributed by atoms with van der Waals surface area (Å²) in [6.07, 6.45) is 1.26. The second-order valence-corrected chi connectivity index (χ2v) is 13.7. The van der Waals surface area contributed by atoms with E-state index in [4.69, 9.17) is 9.72 Å². The van der Waals surface area contributed by atoms with Crippen LogP contribution < -0.4 is 9.64 Å². The van der Waals surface area contributed by atoms with Gasteiger partial charge in [-0.2, -0.15) is 0 Å². The van der Waals surface area contributed by atoms with Gasteiger partial charge >= 0.3 is 5.97 Å². The summed E-state index contributed by atoms with van der Waals surface area (Å²) in [6.45, 7) is 7.19. The Labute approximate surface area is 234 Å². The third kappa shape index (κ3) is 6.62. The lowest BCUT2D eigenvalue weighted by Gasteiger charge is -2.36. The van der Waals surface area contributed by atoms with Crippen molar-refractivity contribution in [3.63, 3.8) is 0 Å². The standard InChI is InChI=1S/C29H35N3O5S2/c1-20-15-22(17-31-11-13-39(35,36)14-12-31)7-8-24(20)18-37-27-6-4-3-5-25(27)26-19-38-29(30-26)32-10-9-23(28(33)34)16-21(32)2/h3-8,15,19,21,23H,9-14,16-18H2,1-2H3,(H,33,34). The number of aliphatic carboxylic acids is 1. The van der Waals surface area contributed by atoms with Gasteiger partial charge in [0.2, 0.25) is 0 Å². The van der Waals surface area contributed by atoms with Crippen LogP contribution in [-0.4, -0.2) is 66.6 Å². The maximum Gasteiger partial charge on any atom is 0.306 e. The first-order chi connectivity index (χ1) is 18.7. The number of aromatic nitrogens is 1. The van der Waals surface area contributed by atoms with E-state index < -0.39 is 15.8 Å². The number of aryl methyl sites for hydroxylation is 1. The molecule has 3 heterocycles. The van der Waals surface area contributed by atoms with Crippen molar-refractivity contribution >= 4 is 32.3 Å². The average molecular weight is 570 g/mol. The van der Waals surface area contributed by atoms with E-state index in [0.717, 1.165) is 39.8 Å². The minimum absolute atomic E-state index is 0.124. The van der Waals surface area contributed by atoms with Crippen LogP contribution in [0.4, 0.5) is 5.13 Å². The van der Waals surface area contributed by atoms with Gasteiger partial charge in [-0.1, -0.05) is 30.3 Å². The van der Waals surface area contributed by atoms with E-state index in [1.807, 2.05) is 29.6 Å². The number of benzene rings is 2. The molecule has 2 saturated heterocycles. The Hall–Kier alpha value is -2.95. The van der Waals surface area contributed by atoms with Crippen LogP contribution in [0.2, 0.25) is 0 Å². The first-order valence-electron chi connectivity index (χ1n) is 13.4. The SMILES string of the molecule is Cc1cc(CN2CCS(=O)(=O)CC2)ccc1COc1ccccc1-c1csc(N2CCC(C(=O)O)CC2C)n1. The summed E-state index contributed by atoms with van der Waals surface area (Å²) in [6, 6.07) is 14.4. The maximum absolute atomic E-state index is 11.7. The van der Waals surface area contributed by atoms with Crippen molar-refractivity contribution in [1.29, 1.82) is 0 Å². The fraction of sp³-hybridized carbons (Fsp3) is 0.448. The van der Waals surface area contributed by atoms with Gasteiger partial charge in [0.25, 0.3) is 0 Å². The number of carboxylic acid groups (broad SMARTS) is 1. The number of thiazole rings is 1. The third-order valence-electron chi connectivity index (χ3n) is 7.76. The zero-order valence-corrected chi connectivity index (χ0v) is 24.0. The van der Waals surface area contributed by atoms with Gasteiger partial charge in [-0.25, -0.2) is 13.4 Å². The number of piperidine rings is 1. The molecule has 2 fully saturated rings. The van der Waals surface area contributed by atoms with Crippen molar-refractivity contribution in [2.24, 2.45) is 5.92 Å². The molecule has 5 rings (SSSR count). The number of para-hydroxylation sites is 1. The molecule has 2 atom stereocenters. The van der Waals surface area contributed by atoms with Crippen LogP contribution >= 0.6 is 11.3 Å². The first kappa shape index (κ1) is 27.6. The molecular weight excluding hydrogens is 534 g/mol. The quantitative estimate of drug-likeness (QED) is 0.420. The van der Waals surface area contributed by atoms with Crippen molar-refractivity contribution in [2.75, 3.05) is 36.0 Å². The summed E-state index contributed by atoms with van der Waals surface area (Å²) in [4.78, 5) is 20.7. The molecule has 0 spiro atoms. The van der Waals surface area contributed by atoms with Crippen molar-refractivity contribution in [1.82, 2.24) is 9.88 Å². The highest BCUT2D eigenvalue weighted by Crippen LogP contribution is 2.36. The van der Waals surface area contributed by atoms with E-state index in [-0.39, 0.29) is 23.5 Å². The van der Waals surface area contributed by atoms with Gasteiger partial charge in [0.15, 0.2) is 15.0 Å². The summed E-state index contributed by atoms with van der Waals surface area (Å²) in [5.41, 5.74) is 5.21. The molecule has 39 heavy (non-hydrogen) atoms. The van der Waals surface area contributed by atoms with E-state index >= 15 is 0 Å². The molecule has 0 aliphatic carbocycles. The Morgan fingerprint density at radius 3 is 2.64 bits per heavy atom. The second-order valence-electron chi connectivity index (χ2n) is 10.6. The van der Waals surface area contributed by atoms with Crippen LogP contribution in [0.1, 0.15) is 36.5 Å². The fourth-order valence-electron chi connectivity index (χ4n) is 5.34. The molecule has 3 aromatic rings. The molecule has 1 aromatic heterocycles. The summed E-state index contributed by atoms with van der Waals surface area (Å²) in [5.74, 6) is 0.243. The minimum atomic E-state index is -2.88. The minimum Gasteiger partial charge on any atom is -0.488 e. The van der Waals surface area contributed by atoms with Gasteiger partial charge < -0.3 is 14.7 Å². The highest BCUT2D eigenvalue weighted by molar-refractivity contribution is 7.91. The monoisotopic (exact) mass is 569 g/mol. The molecule has 0 radical (unpaired) electrons. The molecule has 2 unspecified atom stereocenters. The number of anilines is 1. The van der Waals surface area contributed by atoms with E-state index in [2.05, 4.69) is 41.8 Å². The Bertz CT molecular complexity index is 1420. The first-order valence-corrected chi connectivity index (χ1v) is 16.1. The lowest BCUT2D eigenvalue weighted by Crippen LogP contribution is -2.42. The number of hydrogen-bond acceptors (Lipinski definition) is 8. The zero-order chi connectivity index (χ0) is 27.6. The van der Waals surface area contributed by atoms with Crippen LogP contribution in [0.25, 0.3) is 11.3 Å². The molecule has 8 nitrogen and oxygen atoms in total. The maximum atomic E-state index is 11.7. The predicted molar refractivity (Wildman–Crippen MR) is 154 cm³/mol. The van der Waals surface area contributed by atoms with E-state index in [9.17, 15) is 18.3 Å². The van der Waals surface area contributed by atoms with Crippen molar-refractivity contribution in [3.8, 4) is 17.0 Å². The highest BCUT2D eigenvalue weighted by atomic mass is 32.2. The summed E-state index contributed by atoms with van der Waals surface area (Å²) >= 11 is 1.58. The molecule has 0 saturated carbocycles. The van der Waals surface area contributed by atoms with E-state index in [0.29, 0.717) is 39.1 Å². The number of nitrogens with zero attached hydrogens (tertiary/aromatic N) is 3. The van der Waals surface area contributed by atoms with Crippen LogP contribution in [0.15, 0.2) is 47.8 Å². The van der Waals surface area contributed by atoms with Gasteiger partial charge in [0.1, 0.15) is 12.4 Å². The van der Waals surface area contributed by atoms with Crippen molar-refractivity contribution in [3.05, 3.63) is 64.5 Å². The van der Waals surface area contributed by atoms with E-state index in [1.165, 1.54) is 5.56 Å². The number of carbonyl (C=O) groups is 1. The van der Waals surface area contributed by atoms with Crippen LogP contribution in [0, 0.1) is 12.8 Å². The molecule has 208 valence electrons. The van der Waals surface area contributed by atoms with Crippen LogP contribution in [0.3, 0.4) is 0 Å². The lowest BCUT2D eigenvalue weighted by molar-refractivity contribution is -0.142. The summed E-state index contributed by atoms with van der Waals surface area (Å²) in [5, 5.41) is 12.3. The number of ether oxygens (including phenoxy) is 1. The smallest absolute Gasteiger partial charge is 0.306 e. The lowest BCUT2D eigenvalue weighted by atomic mass is 9.92. The van der Waals surface area contributed by atoms with Gasteiger partial charge in [-0.3, -0.25) is 9.69 Å². The largest absolute Gasteiger partial charge is 0.488 e. The Morgan fingerprint density at radius 2 is 1.92 bits per heavy atom. The van der Waals surface area contributed by atoms with Gasteiger partial charge in [-0.15, -0.1) is 11.3 Å². The topological polar surface area (TPSA) is 100 Å². The Morgan fingerprint density at radius 1 is 1.15 bits per heavy atom. The molecule has 2 aromatic carbocycles. The van der Waals surface area contributed by atoms with Crippen molar-refractivity contribution < 1.29 is 23.1 Å². The molecule has 2 aliphatic heterocycles. The Kier molecular flexibility index (Phi) is 8.25. The average Bonchev–Trinajstić information content (AvgIpc) is 3.39. The molecule has 0 bridgehead atoms. The molecule has 0 amide bonds. The molecule has 2 aliphatic rings. The number of hydrogen-bond donors (Lipinski definition) is 1. The highest BCUT2D eigenvalue weighted by Gasteiger charge is 2.31. The predicted octanol–water partition coefficient (Wildman–Crippen LogP) is 4.62. The Balaban J connectivity index is 1.23. The van der Waals surface area contributed by atoms with Gasteiger partial charge in [0, 0.05) is 43.2 Å². The van der Waals surface area contributed by atoms with Crippen LogP contribution in [-0.2, 0) is 27.8 Å². The molecule has 1 N–H and O–H groups in total. The fourth-order valence-corrected chi connectivity index (χ4v) is 7.58. The zero-order valence-electron chi connectivity index (χ0n) is 22.4. The normalized spacial score (nSPS) is 21.5. The molecule has 10 heteroatoms. The third-order valence-corrected chi connectivity index (χ3v) is 10.2. The summed E-state index contributed by atoms with van der Waals surface area (Å²) < 4.78 is 29.7. The van der Waals surface area contributed by atoms with Gasteiger partial charge in [-0.05, 0) is 55.5 Å². The van der Waals surface area contributed by atoms with Gasteiger partial charge in [0.05, 0.1) is 23.1 Å². The van der Waals surface area contributed by atoms with E-state index in [1.54, 1.807) is 11.3 Å². The van der Waals surface area contributed by atoms with Crippen molar-refractivity contribution in [2.45, 2.75) is 45.9 Å². The van der Waals surface area contributed by atoms with Crippen LogP contribution in [0.5, 0.6) is 5.75 Å². The number of carboxylic acids is 1. The number of rotatable bonds is 8.